The van der Waals surface area contributed by atoms with Gasteiger partial charge in [0, 0.05) is 10.8 Å². The highest BCUT2D eigenvalue weighted by Crippen LogP contribution is 2.21. The van der Waals surface area contributed by atoms with E-state index in [4.69, 9.17) is 5.73 Å². The smallest absolute Gasteiger partial charge is 0.248 e. The number of piperidine rings is 1. The van der Waals surface area contributed by atoms with Crippen LogP contribution in [0, 0.1) is 5.82 Å². The Kier molecular flexibility index (Phi) is 5.58. The number of carbonyl (C=O) groups excluding carboxylic acids is 2. The number of amides is 2. The molecule has 1 saturated heterocycles. The van der Waals surface area contributed by atoms with Crippen LogP contribution in [0.3, 0.4) is 0 Å². The zero-order valence-corrected chi connectivity index (χ0v) is 12.3. The zero-order valence-electron chi connectivity index (χ0n) is 11.5. The number of nitrogens with two attached hydrogens (primary N) is 1. The van der Waals surface area contributed by atoms with Crippen LogP contribution >= 0.6 is 11.8 Å². The highest BCUT2D eigenvalue weighted by atomic mass is 32.2. The molecule has 4 N–H and O–H groups in total. The zero-order chi connectivity index (χ0) is 15.2. The van der Waals surface area contributed by atoms with Gasteiger partial charge in [-0.3, -0.25) is 9.59 Å². The van der Waals surface area contributed by atoms with Crippen molar-refractivity contribution in [3.05, 3.63) is 29.6 Å². The molecule has 1 aliphatic heterocycles. The van der Waals surface area contributed by atoms with Crippen LogP contribution in [0.4, 0.5) is 10.1 Å². The van der Waals surface area contributed by atoms with E-state index in [0.717, 1.165) is 32.0 Å². The molecule has 1 fully saturated rings. The van der Waals surface area contributed by atoms with Crippen molar-refractivity contribution < 1.29 is 14.0 Å². The van der Waals surface area contributed by atoms with Crippen LogP contribution in [-0.4, -0.2) is 35.9 Å². The van der Waals surface area contributed by atoms with Gasteiger partial charge in [0.15, 0.2) is 0 Å². The van der Waals surface area contributed by atoms with Crippen molar-refractivity contribution >= 4 is 29.3 Å². The Hall–Kier alpha value is -1.60. The maximum absolute atomic E-state index is 13.6. The second kappa shape index (κ2) is 7.42. The van der Waals surface area contributed by atoms with Crippen molar-refractivity contribution in [1.29, 1.82) is 0 Å². The van der Waals surface area contributed by atoms with Gasteiger partial charge < -0.3 is 16.4 Å². The Bertz CT molecular complexity index is 533. The normalized spacial score (nSPS) is 15.7. The van der Waals surface area contributed by atoms with E-state index in [1.807, 2.05) is 0 Å². The van der Waals surface area contributed by atoms with Gasteiger partial charge >= 0.3 is 0 Å². The van der Waals surface area contributed by atoms with Gasteiger partial charge in [0.05, 0.1) is 11.4 Å². The van der Waals surface area contributed by atoms with Crippen LogP contribution in [0.25, 0.3) is 0 Å². The Morgan fingerprint density at radius 1 is 1.38 bits per heavy atom. The van der Waals surface area contributed by atoms with E-state index in [2.05, 4.69) is 10.6 Å². The molecule has 0 spiro atoms. The molecule has 0 radical (unpaired) electrons. The van der Waals surface area contributed by atoms with Gasteiger partial charge in [-0.1, -0.05) is 0 Å². The van der Waals surface area contributed by atoms with Gasteiger partial charge in [0.25, 0.3) is 0 Å². The minimum Gasteiger partial charge on any atom is -0.366 e. The van der Waals surface area contributed by atoms with Crippen LogP contribution in [-0.2, 0) is 4.79 Å². The molecule has 1 heterocycles. The maximum atomic E-state index is 13.6. The SMILES string of the molecule is NC(=O)c1ccc(F)c(NC(=O)CSC2CCNCC2)c1. The number of primary amides is 1. The van der Waals surface area contributed by atoms with Crippen LogP contribution in [0.2, 0.25) is 0 Å². The molecule has 0 saturated carbocycles. The largest absolute Gasteiger partial charge is 0.366 e. The number of anilines is 1. The summed E-state index contributed by atoms with van der Waals surface area (Å²) in [6.45, 7) is 1.93. The monoisotopic (exact) mass is 311 g/mol. The van der Waals surface area contributed by atoms with Crippen LogP contribution < -0.4 is 16.4 Å². The van der Waals surface area contributed by atoms with Crippen molar-refractivity contribution in [2.45, 2.75) is 18.1 Å². The molecule has 2 rings (SSSR count). The molecule has 1 aromatic rings. The van der Waals surface area contributed by atoms with Crippen molar-refractivity contribution in [2.75, 3.05) is 24.2 Å². The lowest BCUT2D eigenvalue weighted by Gasteiger charge is -2.21. The van der Waals surface area contributed by atoms with Gasteiger partial charge in [0.2, 0.25) is 11.8 Å². The van der Waals surface area contributed by atoms with E-state index in [9.17, 15) is 14.0 Å². The first-order chi connectivity index (χ1) is 10.1. The van der Waals surface area contributed by atoms with Crippen molar-refractivity contribution in [2.24, 2.45) is 5.73 Å². The molecule has 5 nitrogen and oxygen atoms in total. The fourth-order valence-corrected chi connectivity index (χ4v) is 3.14. The van der Waals surface area contributed by atoms with E-state index in [0.29, 0.717) is 5.25 Å². The van der Waals surface area contributed by atoms with Gasteiger partial charge in [-0.2, -0.15) is 0 Å². The van der Waals surface area contributed by atoms with Crippen LogP contribution in [0.15, 0.2) is 18.2 Å². The molecule has 0 aliphatic carbocycles. The minimum absolute atomic E-state index is 0.0118. The van der Waals surface area contributed by atoms with Crippen molar-refractivity contribution in [3.8, 4) is 0 Å². The summed E-state index contributed by atoms with van der Waals surface area (Å²) in [6, 6.07) is 3.66. The molecule has 21 heavy (non-hydrogen) atoms. The summed E-state index contributed by atoms with van der Waals surface area (Å²) < 4.78 is 13.6. The average Bonchev–Trinajstić information content (AvgIpc) is 2.48. The third kappa shape index (κ3) is 4.71. The van der Waals surface area contributed by atoms with Gasteiger partial charge in [-0.25, -0.2) is 4.39 Å². The lowest BCUT2D eigenvalue weighted by molar-refractivity contribution is -0.113. The fraction of sp³-hybridized carbons (Fsp3) is 0.429. The Labute approximate surface area is 126 Å². The Morgan fingerprint density at radius 2 is 2.10 bits per heavy atom. The first-order valence-electron chi connectivity index (χ1n) is 6.78. The number of hydrogen-bond acceptors (Lipinski definition) is 4. The van der Waals surface area contributed by atoms with Gasteiger partial charge in [0.1, 0.15) is 5.82 Å². The predicted molar refractivity (Wildman–Crippen MR) is 81.9 cm³/mol. The molecule has 0 atom stereocenters. The van der Waals surface area contributed by atoms with E-state index in [-0.39, 0.29) is 22.9 Å². The van der Waals surface area contributed by atoms with Gasteiger partial charge in [-0.05, 0) is 44.1 Å². The fourth-order valence-electron chi connectivity index (χ4n) is 2.12. The summed E-state index contributed by atoms with van der Waals surface area (Å²) in [6.07, 6.45) is 2.06. The lowest BCUT2D eigenvalue weighted by atomic mass is 10.2. The minimum atomic E-state index is -0.658. The number of carbonyl (C=O) groups is 2. The Morgan fingerprint density at radius 3 is 2.76 bits per heavy atom. The predicted octanol–water partition coefficient (Wildman–Crippen LogP) is 1.35. The van der Waals surface area contributed by atoms with Crippen molar-refractivity contribution in [3.63, 3.8) is 0 Å². The molecule has 0 bridgehead atoms. The maximum Gasteiger partial charge on any atom is 0.248 e. The van der Waals surface area contributed by atoms with Crippen LogP contribution in [0.5, 0.6) is 0 Å². The standard InChI is InChI=1S/C14H18FN3O2S/c15-11-2-1-9(14(16)20)7-12(11)18-13(19)8-21-10-3-5-17-6-4-10/h1-2,7,10,17H,3-6,8H2,(H2,16,20)(H,18,19). The summed E-state index contributed by atoms with van der Waals surface area (Å²) in [5.41, 5.74) is 5.29. The average molecular weight is 311 g/mol. The summed E-state index contributed by atoms with van der Waals surface area (Å²) in [5, 5.41) is 6.20. The number of rotatable bonds is 5. The number of nitrogens with one attached hydrogen (secondary N) is 2. The summed E-state index contributed by atoms with van der Waals surface area (Å²) >= 11 is 1.57. The van der Waals surface area contributed by atoms with E-state index in [1.54, 1.807) is 11.8 Å². The van der Waals surface area contributed by atoms with E-state index in [1.165, 1.54) is 12.1 Å². The topological polar surface area (TPSA) is 84.2 Å². The van der Waals surface area contributed by atoms with Gasteiger partial charge in [-0.15, -0.1) is 11.8 Å². The third-order valence-electron chi connectivity index (χ3n) is 3.26. The highest BCUT2D eigenvalue weighted by molar-refractivity contribution is 8.00. The first kappa shape index (κ1) is 15.8. The molecular formula is C14H18FN3O2S. The molecule has 0 aromatic heterocycles. The highest BCUT2D eigenvalue weighted by Gasteiger charge is 2.16. The number of halogens is 1. The summed E-state index contributed by atoms with van der Waals surface area (Å²) in [4.78, 5) is 22.9. The molecule has 114 valence electrons. The second-order valence-electron chi connectivity index (χ2n) is 4.87. The molecule has 1 aromatic carbocycles. The number of benzene rings is 1. The van der Waals surface area contributed by atoms with Crippen molar-refractivity contribution in [1.82, 2.24) is 5.32 Å². The number of hydrogen-bond donors (Lipinski definition) is 3. The van der Waals surface area contributed by atoms with Crippen LogP contribution in [0.1, 0.15) is 23.2 Å². The number of thioether (sulfide) groups is 1. The Balaban J connectivity index is 1.89. The summed E-state index contributed by atoms with van der Waals surface area (Å²) in [7, 11) is 0. The molecule has 7 heteroatoms. The summed E-state index contributed by atoms with van der Waals surface area (Å²) in [5.74, 6) is -1.25. The lowest BCUT2D eigenvalue weighted by Crippen LogP contribution is -2.30. The van der Waals surface area contributed by atoms with E-state index < -0.39 is 11.7 Å². The molecular weight excluding hydrogens is 293 g/mol. The first-order valence-corrected chi connectivity index (χ1v) is 7.82. The van der Waals surface area contributed by atoms with E-state index >= 15 is 0 Å². The quantitative estimate of drug-likeness (QED) is 0.766. The molecule has 0 unspecified atom stereocenters. The molecule has 2 amide bonds. The third-order valence-corrected chi connectivity index (χ3v) is 4.63. The molecule has 1 aliphatic rings. The second-order valence-corrected chi connectivity index (χ2v) is 6.16.